The van der Waals surface area contributed by atoms with Crippen LogP contribution in [0.5, 0.6) is 0 Å². The van der Waals surface area contributed by atoms with E-state index in [1.54, 1.807) is 12.3 Å². The zero-order chi connectivity index (χ0) is 18.5. The Hall–Kier alpha value is -3.13. The van der Waals surface area contributed by atoms with Gasteiger partial charge in [-0.05, 0) is 35.8 Å². The summed E-state index contributed by atoms with van der Waals surface area (Å²) >= 11 is 0. The molecule has 3 aromatic rings. The van der Waals surface area contributed by atoms with Gasteiger partial charge in [0.05, 0.1) is 18.3 Å². The average molecular weight is 364 g/mol. The molecule has 1 saturated heterocycles. The van der Waals surface area contributed by atoms with Crippen molar-refractivity contribution in [1.29, 1.82) is 0 Å². The van der Waals surface area contributed by atoms with Gasteiger partial charge in [0.15, 0.2) is 0 Å². The van der Waals surface area contributed by atoms with Crippen LogP contribution in [0.1, 0.15) is 28.8 Å². The molecule has 27 heavy (non-hydrogen) atoms. The minimum Gasteiger partial charge on any atom is -0.373 e. The molecule has 0 unspecified atom stereocenters. The number of ether oxygens (including phenoxy) is 1. The fraction of sp³-hybridized carbons (Fsp3) is 0.316. The van der Waals surface area contributed by atoms with Gasteiger partial charge in [0, 0.05) is 31.0 Å². The van der Waals surface area contributed by atoms with Crippen molar-refractivity contribution in [2.75, 3.05) is 13.1 Å². The second-order valence-corrected chi connectivity index (χ2v) is 6.44. The number of hydrogen-bond donors (Lipinski definition) is 1. The number of carbonyl (C=O) groups excluding carboxylic acids is 1. The number of aromatic nitrogens is 5. The second kappa shape index (κ2) is 8.05. The molecule has 0 aliphatic carbocycles. The zero-order valence-corrected chi connectivity index (χ0v) is 14.8. The number of benzene rings is 1. The van der Waals surface area contributed by atoms with E-state index in [9.17, 15) is 4.79 Å². The maximum atomic E-state index is 13.0. The maximum absolute atomic E-state index is 13.0. The molecule has 0 atom stereocenters. The minimum atomic E-state index is -0.0129. The topological polar surface area (TPSA) is 96.9 Å². The molecule has 2 aromatic heterocycles. The van der Waals surface area contributed by atoms with Crippen molar-refractivity contribution in [2.24, 2.45) is 0 Å². The summed E-state index contributed by atoms with van der Waals surface area (Å²) in [6, 6.07) is 11.3. The molecule has 1 amide bonds. The largest absolute Gasteiger partial charge is 0.373 e. The van der Waals surface area contributed by atoms with Crippen molar-refractivity contribution in [3.8, 4) is 11.4 Å². The molecule has 1 fully saturated rings. The molecule has 1 aromatic carbocycles. The summed E-state index contributed by atoms with van der Waals surface area (Å²) in [5, 5.41) is 14.0. The van der Waals surface area contributed by atoms with Crippen molar-refractivity contribution >= 4 is 5.91 Å². The highest BCUT2D eigenvalue weighted by molar-refractivity contribution is 6.00. The Kier molecular flexibility index (Phi) is 5.15. The normalized spacial score (nSPS) is 15.0. The molecule has 8 nitrogen and oxygen atoms in total. The number of pyridine rings is 1. The van der Waals surface area contributed by atoms with E-state index in [2.05, 4.69) is 25.6 Å². The van der Waals surface area contributed by atoms with Crippen molar-refractivity contribution in [3.05, 3.63) is 59.9 Å². The molecule has 3 heterocycles. The van der Waals surface area contributed by atoms with Gasteiger partial charge in [-0.25, -0.2) is 0 Å². The Bertz CT molecular complexity index is 876. The van der Waals surface area contributed by atoms with Gasteiger partial charge in [-0.15, -0.1) is 10.2 Å². The number of aromatic amines is 1. The maximum Gasteiger partial charge on any atom is 0.254 e. The highest BCUT2D eigenvalue weighted by Gasteiger charge is 2.26. The van der Waals surface area contributed by atoms with Gasteiger partial charge in [-0.2, -0.15) is 5.21 Å². The SMILES string of the molecule is O=C(c1ccccc1-c1nn[nH]n1)N1CCC(OCc2cccnc2)CC1. The van der Waals surface area contributed by atoms with E-state index < -0.39 is 0 Å². The van der Waals surface area contributed by atoms with Gasteiger partial charge >= 0.3 is 0 Å². The van der Waals surface area contributed by atoms with Crippen LogP contribution >= 0.6 is 0 Å². The monoisotopic (exact) mass is 364 g/mol. The lowest BCUT2D eigenvalue weighted by Gasteiger charge is -2.32. The van der Waals surface area contributed by atoms with Crippen molar-refractivity contribution in [2.45, 2.75) is 25.6 Å². The number of tetrazole rings is 1. The Morgan fingerprint density at radius 2 is 2.04 bits per heavy atom. The van der Waals surface area contributed by atoms with Crippen LogP contribution in [0.25, 0.3) is 11.4 Å². The van der Waals surface area contributed by atoms with E-state index >= 15 is 0 Å². The molecular weight excluding hydrogens is 344 g/mol. The smallest absolute Gasteiger partial charge is 0.254 e. The van der Waals surface area contributed by atoms with Crippen LogP contribution in [-0.2, 0) is 11.3 Å². The van der Waals surface area contributed by atoms with E-state index in [0.29, 0.717) is 36.6 Å². The molecule has 0 spiro atoms. The van der Waals surface area contributed by atoms with Crippen molar-refractivity contribution in [1.82, 2.24) is 30.5 Å². The number of carbonyl (C=O) groups is 1. The molecule has 0 bridgehead atoms. The number of amides is 1. The molecule has 4 rings (SSSR count). The first kappa shape index (κ1) is 17.3. The molecule has 1 N–H and O–H groups in total. The van der Waals surface area contributed by atoms with Crippen LogP contribution in [0.3, 0.4) is 0 Å². The van der Waals surface area contributed by atoms with Gasteiger partial charge in [0.2, 0.25) is 5.82 Å². The number of likely N-dealkylation sites (tertiary alicyclic amines) is 1. The van der Waals surface area contributed by atoms with Crippen LogP contribution in [-0.4, -0.2) is 55.6 Å². The van der Waals surface area contributed by atoms with Crippen LogP contribution in [0, 0.1) is 0 Å². The fourth-order valence-corrected chi connectivity index (χ4v) is 3.23. The summed E-state index contributed by atoms with van der Waals surface area (Å²) in [5.41, 5.74) is 2.34. The Balaban J connectivity index is 1.37. The number of hydrogen-bond acceptors (Lipinski definition) is 6. The van der Waals surface area contributed by atoms with E-state index in [0.717, 1.165) is 18.4 Å². The van der Waals surface area contributed by atoms with Crippen molar-refractivity contribution < 1.29 is 9.53 Å². The second-order valence-electron chi connectivity index (χ2n) is 6.44. The Morgan fingerprint density at radius 1 is 1.19 bits per heavy atom. The van der Waals surface area contributed by atoms with E-state index in [1.165, 1.54) is 0 Å². The molecule has 8 heteroatoms. The summed E-state index contributed by atoms with van der Waals surface area (Å²) in [6.07, 6.45) is 5.35. The fourth-order valence-electron chi connectivity index (χ4n) is 3.23. The third kappa shape index (κ3) is 4.01. The van der Waals surface area contributed by atoms with Crippen LogP contribution in [0.4, 0.5) is 0 Å². The lowest BCUT2D eigenvalue weighted by molar-refractivity contribution is -0.000452. The summed E-state index contributed by atoms with van der Waals surface area (Å²) in [4.78, 5) is 19.0. The number of piperidine rings is 1. The minimum absolute atomic E-state index is 0.0129. The van der Waals surface area contributed by atoms with Gasteiger partial charge < -0.3 is 9.64 Å². The number of H-pyrrole nitrogens is 1. The third-order valence-electron chi connectivity index (χ3n) is 4.68. The Labute approximate surface area is 156 Å². The lowest BCUT2D eigenvalue weighted by atomic mass is 10.0. The summed E-state index contributed by atoms with van der Waals surface area (Å²) in [6.45, 7) is 1.88. The highest BCUT2D eigenvalue weighted by atomic mass is 16.5. The Morgan fingerprint density at radius 3 is 2.78 bits per heavy atom. The predicted molar refractivity (Wildman–Crippen MR) is 97.6 cm³/mol. The number of nitrogens with zero attached hydrogens (tertiary/aromatic N) is 5. The van der Waals surface area contributed by atoms with E-state index in [1.807, 2.05) is 41.4 Å². The number of nitrogens with one attached hydrogen (secondary N) is 1. The van der Waals surface area contributed by atoms with Crippen LogP contribution in [0.15, 0.2) is 48.8 Å². The molecule has 1 aliphatic rings. The third-order valence-corrected chi connectivity index (χ3v) is 4.68. The van der Waals surface area contributed by atoms with Gasteiger partial charge in [-0.1, -0.05) is 24.3 Å². The zero-order valence-electron chi connectivity index (χ0n) is 14.8. The van der Waals surface area contributed by atoms with Gasteiger partial charge in [0.25, 0.3) is 5.91 Å². The van der Waals surface area contributed by atoms with E-state index in [-0.39, 0.29) is 12.0 Å². The van der Waals surface area contributed by atoms with Crippen LogP contribution < -0.4 is 0 Å². The van der Waals surface area contributed by atoms with Gasteiger partial charge in [-0.3, -0.25) is 9.78 Å². The summed E-state index contributed by atoms with van der Waals surface area (Å²) < 4.78 is 5.98. The van der Waals surface area contributed by atoms with Crippen LogP contribution in [0.2, 0.25) is 0 Å². The highest BCUT2D eigenvalue weighted by Crippen LogP contribution is 2.23. The number of rotatable bonds is 5. The van der Waals surface area contributed by atoms with E-state index in [4.69, 9.17) is 4.74 Å². The molecular formula is C19H20N6O2. The first-order valence-corrected chi connectivity index (χ1v) is 8.94. The molecule has 1 aliphatic heterocycles. The standard InChI is InChI=1S/C19H20N6O2/c26-19(17-6-2-1-5-16(17)18-21-23-24-22-18)25-10-7-15(8-11-25)27-13-14-4-3-9-20-12-14/h1-6,9,12,15H,7-8,10-11,13H2,(H,21,22,23,24). The quantitative estimate of drug-likeness (QED) is 0.744. The lowest BCUT2D eigenvalue weighted by Crippen LogP contribution is -2.41. The predicted octanol–water partition coefficient (Wildman–Crippen LogP) is 2.08. The van der Waals surface area contributed by atoms with Gasteiger partial charge in [0.1, 0.15) is 0 Å². The van der Waals surface area contributed by atoms with Crippen molar-refractivity contribution in [3.63, 3.8) is 0 Å². The summed E-state index contributed by atoms with van der Waals surface area (Å²) in [7, 11) is 0. The first-order chi connectivity index (χ1) is 13.3. The molecule has 0 saturated carbocycles. The molecule has 138 valence electrons. The molecule has 0 radical (unpaired) electrons. The first-order valence-electron chi connectivity index (χ1n) is 8.94. The summed E-state index contributed by atoms with van der Waals surface area (Å²) in [5.74, 6) is 0.412. The average Bonchev–Trinajstić information content (AvgIpc) is 3.28.